The Balaban J connectivity index is 1.79. The minimum Gasteiger partial charge on any atom is -0.329 e. The van der Waals surface area contributed by atoms with E-state index in [9.17, 15) is 4.79 Å². The maximum atomic E-state index is 12.8. The molecule has 21 heavy (non-hydrogen) atoms. The van der Waals surface area contributed by atoms with Gasteiger partial charge in [0.15, 0.2) is 0 Å². The van der Waals surface area contributed by atoms with Crippen LogP contribution >= 0.6 is 22.7 Å². The average molecular weight is 318 g/mol. The van der Waals surface area contributed by atoms with Gasteiger partial charge in [-0.25, -0.2) is 0 Å². The van der Waals surface area contributed by atoms with E-state index in [-0.39, 0.29) is 5.91 Å². The van der Waals surface area contributed by atoms with Crippen molar-refractivity contribution < 1.29 is 4.79 Å². The monoisotopic (exact) mass is 318 g/mol. The summed E-state index contributed by atoms with van der Waals surface area (Å²) in [5.74, 6) is 0.160. The number of amides is 1. The third kappa shape index (κ3) is 3.43. The summed E-state index contributed by atoms with van der Waals surface area (Å²) in [6.45, 7) is 5.03. The van der Waals surface area contributed by atoms with Gasteiger partial charge in [-0.3, -0.25) is 4.79 Å². The Hall–Kier alpha value is -1.43. The second-order valence-electron chi connectivity index (χ2n) is 5.15. The molecule has 0 spiro atoms. The zero-order valence-corrected chi connectivity index (χ0v) is 13.6. The van der Waals surface area contributed by atoms with Gasteiger partial charge in [-0.15, -0.1) is 22.7 Å². The van der Waals surface area contributed by atoms with Crippen molar-refractivity contribution in [2.75, 3.05) is 13.1 Å². The molecule has 0 atom stereocenters. The second kappa shape index (κ2) is 6.56. The van der Waals surface area contributed by atoms with Crippen molar-refractivity contribution in [3.63, 3.8) is 0 Å². The van der Waals surface area contributed by atoms with Crippen molar-refractivity contribution in [2.45, 2.75) is 20.0 Å². The van der Waals surface area contributed by atoms with Crippen LogP contribution in [0.1, 0.15) is 16.7 Å². The maximum absolute atomic E-state index is 12.8. The number of nitrogens with one attached hydrogen (secondary N) is 1. The first kappa shape index (κ1) is 14.5. The summed E-state index contributed by atoms with van der Waals surface area (Å²) >= 11 is 3.40. The highest BCUT2D eigenvalue weighted by atomic mass is 32.1. The third-order valence-corrected chi connectivity index (χ3v) is 5.39. The van der Waals surface area contributed by atoms with Crippen LogP contribution in [0.5, 0.6) is 0 Å². The van der Waals surface area contributed by atoms with Gasteiger partial charge >= 0.3 is 0 Å². The van der Waals surface area contributed by atoms with Crippen LogP contribution in [0, 0.1) is 0 Å². The van der Waals surface area contributed by atoms with Crippen molar-refractivity contribution >= 4 is 28.6 Å². The number of carbonyl (C=O) groups excluding carboxylic acids is 1. The molecule has 3 nitrogen and oxygen atoms in total. The molecule has 110 valence electrons. The quantitative estimate of drug-likeness (QED) is 0.858. The fourth-order valence-corrected chi connectivity index (χ4v) is 3.72. The number of nitrogens with zero attached hydrogens (tertiary/aromatic N) is 1. The predicted molar refractivity (Wildman–Crippen MR) is 88.5 cm³/mol. The van der Waals surface area contributed by atoms with E-state index in [2.05, 4.69) is 28.2 Å². The summed E-state index contributed by atoms with van der Waals surface area (Å²) in [6, 6.07) is 8.25. The molecular formula is C16H18N2OS2. The van der Waals surface area contributed by atoms with Crippen LogP contribution in [0.2, 0.25) is 0 Å². The average Bonchev–Trinajstić information content (AvgIpc) is 3.08. The number of rotatable bonds is 5. The number of thiophene rings is 2. The molecule has 1 amide bonds. The van der Waals surface area contributed by atoms with Gasteiger partial charge in [0.2, 0.25) is 5.91 Å². The minimum absolute atomic E-state index is 0.160. The second-order valence-corrected chi connectivity index (χ2v) is 7.22. The summed E-state index contributed by atoms with van der Waals surface area (Å²) in [7, 11) is 0. The molecule has 5 heteroatoms. The van der Waals surface area contributed by atoms with Crippen LogP contribution in [-0.2, 0) is 17.9 Å². The molecule has 1 aliphatic heterocycles. The van der Waals surface area contributed by atoms with Crippen molar-refractivity contribution in [1.29, 1.82) is 0 Å². The smallest absolute Gasteiger partial charge is 0.250 e. The van der Waals surface area contributed by atoms with E-state index in [0.29, 0.717) is 13.1 Å². The zero-order valence-electron chi connectivity index (χ0n) is 12.0. The molecule has 3 rings (SSSR count). The normalized spacial score (nSPS) is 13.9. The van der Waals surface area contributed by atoms with Crippen molar-refractivity contribution in [3.8, 4) is 0 Å². The highest BCUT2D eigenvalue weighted by Gasteiger charge is 2.22. The van der Waals surface area contributed by atoms with Gasteiger partial charge in [-0.1, -0.05) is 12.1 Å². The lowest BCUT2D eigenvalue weighted by Gasteiger charge is -2.26. The summed E-state index contributed by atoms with van der Waals surface area (Å²) in [6.07, 6.45) is 0. The summed E-state index contributed by atoms with van der Waals surface area (Å²) < 4.78 is 0. The largest absolute Gasteiger partial charge is 0.329 e. The Kier molecular flexibility index (Phi) is 4.53. The molecule has 2 aromatic rings. The molecule has 1 fully saturated rings. The highest BCUT2D eigenvalue weighted by Crippen LogP contribution is 2.20. The van der Waals surface area contributed by atoms with E-state index < -0.39 is 0 Å². The van der Waals surface area contributed by atoms with Gasteiger partial charge in [0.25, 0.3) is 0 Å². The number of hydrogen-bond donors (Lipinski definition) is 1. The van der Waals surface area contributed by atoms with E-state index in [1.165, 1.54) is 15.3 Å². The van der Waals surface area contributed by atoms with Gasteiger partial charge in [-0.2, -0.15) is 0 Å². The molecule has 0 aliphatic carbocycles. The Morgan fingerprint density at radius 3 is 2.10 bits per heavy atom. The molecule has 0 unspecified atom stereocenters. The van der Waals surface area contributed by atoms with Crippen molar-refractivity contribution in [2.24, 2.45) is 0 Å². The van der Waals surface area contributed by atoms with Gasteiger partial charge < -0.3 is 10.2 Å². The molecule has 1 N–H and O–H groups in total. The molecule has 3 heterocycles. The van der Waals surface area contributed by atoms with Crippen molar-refractivity contribution in [3.05, 3.63) is 55.9 Å². The van der Waals surface area contributed by atoms with Crippen LogP contribution in [0.4, 0.5) is 0 Å². The van der Waals surface area contributed by atoms with E-state index >= 15 is 0 Å². The predicted octanol–water partition coefficient (Wildman–Crippen LogP) is 3.26. The van der Waals surface area contributed by atoms with Crippen LogP contribution in [-0.4, -0.2) is 23.9 Å². The van der Waals surface area contributed by atoms with Gasteiger partial charge in [-0.05, 0) is 35.4 Å². The van der Waals surface area contributed by atoms with Crippen LogP contribution < -0.4 is 5.32 Å². The van der Waals surface area contributed by atoms with Crippen LogP contribution in [0.3, 0.4) is 0 Å². The lowest BCUT2D eigenvalue weighted by molar-refractivity contribution is -0.128. The molecule has 2 aromatic heterocycles. The fraction of sp³-hybridized carbons (Fsp3) is 0.312. The first-order valence-corrected chi connectivity index (χ1v) is 8.73. The van der Waals surface area contributed by atoms with E-state index in [4.69, 9.17) is 0 Å². The topological polar surface area (TPSA) is 32.3 Å². The van der Waals surface area contributed by atoms with Crippen LogP contribution in [0.15, 0.2) is 46.2 Å². The number of carbonyl (C=O) groups is 1. The molecule has 1 saturated heterocycles. The summed E-state index contributed by atoms with van der Waals surface area (Å²) in [4.78, 5) is 17.2. The highest BCUT2D eigenvalue weighted by molar-refractivity contribution is 7.10. The third-order valence-electron chi connectivity index (χ3n) is 3.67. The first-order valence-electron chi connectivity index (χ1n) is 6.97. The molecule has 0 radical (unpaired) electrons. The van der Waals surface area contributed by atoms with E-state index in [0.717, 1.165) is 18.7 Å². The summed E-state index contributed by atoms with van der Waals surface area (Å²) in [5.41, 5.74) is 2.14. The van der Waals surface area contributed by atoms with Gasteiger partial charge in [0.1, 0.15) is 0 Å². The molecule has 0 bridgehead atoms. The molecular weight excluding hydrogens is 300 g/mol. The minimum atomic E-state index is 0.160. The van der Waals surface area contributed by atoms with E-state index in [1.54, 1.807) is 22.7 Å². The standard InChI is InChI=1S/C16H18N2OS2/c1-12(13-8-17-9-13)16(19)18(10-14-4-2-6-20-14)11-15-5-3-7-21-15/h2-7,17H,8-11H2,1H3. The van der Waals surface area contributed by atoms with Crippen LogP contribution in [0.25, 0.3) is 0 Å². The Labute approximate surface area is 132 Å². The van der Waals surface area contributed by atoms with Gasteiger partial charge in [0, 0.05) is 28.4 Å². The molecule has 0 saturated carbocycles. The zero-order chi connectivity index (χ0) is 14.7. The fourth-order valence-electron chi connectivity index (χ4n) is 2.28. The first-order chi connectivity index (χ1) is 10.2. The molecule has 0 aromatic carbocycles. The SMILES string of the molecule is CC(C(=O)N(Cc1cccs1)Cc1cccs1)=C1CNC1. The van der Waals surface area contributed by atoms with Crippen molar-refractivity contribution in [1.82, 2.24) is 10.2 Å². The Bertz CT molecular complexity index is 587. The maximum Gasteiger partial charge on any atom is 0.250 e. The molecule has 1 aliphatic rings. The van der Waals surface area contributed by atoms with Gasteiger partial charge in [0.05, 0.1) is 13.1 Å². The van der Waals surface area contributed by atoms with E-state index in [1.807, 2.05) is 24.0 Å². The Morgan fingerprint density at radius 2 is 1.71 bits per heavy atom. The lowest BCUT2D eigenvalue weighted by Crippen LogP contribution is -2.38. The number of hydrogen-bond acceptors (Lipinski definition) is 4. The Morgan fingerprint density at radius 1 is 1.14 bits per heavy atom. The lowest BCUT2D eigenvalue weighted by atomic mass is 10.0. The summed E-state index contributed by atoms with van der Waals surface area (Å²) in [5, 5.41) is 7.32.